The number of nitrogens with zero attached hydrogens (tertiary/aromatic N) is 1. The van der Waals surface area contributed by atoms with Crippen LogP contribution in [0.2, 0.25) is 0 Å². The number of nitrogen functional groups attached to an aromatic ring is 1. The summed E-state index contributed by atoms with van der Waals surface area (Å²) < 4.78 is 11.5. The fourth-order valence-corrected chi connectivity index (χ4v) is 2.25. The predicted octanol–water partition coefficient (Wildman–Crippen LogP) is 1.70. The summed E-state index contributed by atoms with van der Waals surface area (Å²) in [5.74, 6) is 0.546. The van der Waals surface area contributed by atoms with Crippen molar-refractivity contribution in [2.24, 2.45) is 5.73 Å². The van der Waals surface area contributed by atoms with Crippen LogP contribution >= 0.6 is 0 Å². The number of pyridine rings is 1. The number of hydrogen-bond acceptors (Lipinski definition) is 4. The molecule has 2 unspecified atom stereocenters. The molecule has 1 aliphatic rings. The van der Waals surface area contributed by atoms with E-state index in [1.54, 1.807) is 18.3 Å². The van der Waals surface area contributed by atoms with Crippen LogP contribution in [0.15, 0.2) is 18.3 Å². The Bertz CT molecular complexity index is 426. The van der Waals surface area contributed by atoms with Gasteiger partial charge in [-0.1, -0.05) is 0 Å². The highest BCUT2D eigenvalue weighted by Gasteiger charge is 2.26. The fourth-order valence-electron chi connectivity index (χ4n) is 2.25. The maximum absolute atomic E-state index is 7.39. The van der Waals surface area contributed by atoms with E-state index in [0.717, 1.165) is 12.8 Å². The molecular formula is C13H19N3O2. The topological polar surface area (TPSA) is 81.2 Å². The van der Waals surface area contributed by atoms with Gasteiger partial charge in [0.25, 0.3) is 0 Å². The van der Waals surface area contributed by atoms with Gasteiger partial charge in [-0.3, -0.25) is 5.41 Å². The van der Waals surface area contributed by atoms with E-state index in [-0.39, 0.29) is 24.1 Å². The quantitative estimate of drug-likeness (QED) is 0.631. The van der Waals surface area contributed by atoms with Crippen molar-refractivity contribution in [3.63, 3.8) is 0 Å². The van der Waals surface area contributed by atoms with Crippen LogP contribution in [-0.4, -0.2) is 29.1 Å². The Labute approximate surface area is 107 Å². The second kappa shape index (κ2) is 5.35. The summed E-state index contributed by atoms with van der Waals surface area (Å²) in [4.78, 5) is 4.15. The van der Waals surface area contributed by atoms with Crippen molar-refractivity contribution in [3.8, 4) is 5.88 Å². The van der Waals surface area contributed by atoms with Gasteiger partial charge in [-0.2, -0.15) is 0 Å². The van der Waals surface area contributed by atoms with Crippen molar-refractivity contribution in [2.45, 2.75) is 45.0 Å². The van der Waals surface area contributed by atoms with E-state index >= 15 is 0 Å². The zero-order valence-corrected chi connectivity index (χ0v) is 10.7. The normalized spacial score (nSPS) is 27.8. The van der Waals surface area contributed by atoms with Gasteiger partial charge in [-0.25, -0.2) is 4.98 Å². The average Bonchev–Trinajstić information content (AvgIpc) is 2.27. The summed E-state index contributed by atoms with van der Waals surface area (Å²) in [5, 5.41) is 7.39. The first-order valence-electron chi connectivity index (χ1n) is 6.17. The number of ether oxygens (including phenoxy) is 2. The molecule has 0 radical (unpaired) electrons. The lowest BCUT2D eigenvalue weighted by Gasteiger charge is -2.31. The minimum absolute atomic E-state index is 0.0240. The molecular weight excluding hydrogens is 230 g/mol. The Morgan fingerprint density at radius 3 is 2.72 bits per heavy atom. The molecule has 2 atom stereocenters. The molecule has 0 amide bonds. The van der Waals surface area contributed by atoms with Crippen LogP contribution in [0.4, 0.5) is 0 Å². The van der Waals surface area contributed by atoms with Gasteiger partial charge in [0.15, 0.2) is 0 Å². The van der Waals surface area contributed by atoms with Crippen molar-refractivity contribution < 1.29 is 9.47 Å². The van der Waals surface area contributed by atoms with Gasteiger partial charge in [0, 0.05) is 30.7 Å². The summed E-state index contributed by atoms with van der Waals surface area (Å²) in [7, 11) is 0. The van der Waals surface area contributed by atoms with Crippen molar-refractivity contribution in [2.75, 3.05) is 0 Å². The summed E-state index contributed by atoms with van der Waals surface area (Å²) in [6, 6.07) is 3.40. The maximum Gasteiger partial charge on any atom is 0.214 e. The molecule has 1 aliphatic heterocycles. The number of amidine groups is 1. The standard InChI is InChI=1S/C13H19N3O2/c1-8-5-11(6-9(2)17-8)18-12-7-10(13(14)15)3-4-16-12/h3-4,7-9,11H,5-6H2,1-2H3,(H3,14,15). The second-order valence-corrected chi connectivity index (χ2v) is 4.77. The number of hydrogen-bond donors (Lipinski definition) is 2. The summed E-state index contributed by atoms with van der Waals surface area (Å²) >= 11 is 0. The van der Waals surface area contributed by atoms with E-state index in [0.29, 0.717) is 11.4 Å². The third kappa shape index (κ3) is 3.20. The van der Waals surface area contributed by atoms with Crippen molar-refractivity contribution in [1.29, 1.82) is 5.41 Å². The largest absolute Gasteiger partial charge is 0.474 e. The van der Waals surface area contributed by atoms with Gasteiger partial charge < -0.3 is 15.2 Å². The molecule has 18 heavy (non-hydrogen) atoms. The molecule has 0 aromatic carbocycles. The first-order valence-corrected chi connectivity index (χ1v) is 6.17. The van der Waals surface area contributed by atoms with Crippen molar-refractivity contribution >= 4 is 5.84 Å². The Hall–Kier alpha value is -1.62. The predicted molar refractivity (Wildman–Crippen MR) is 68.9 cm³/mol. The van der Waals surface area contributed by atoms with Crippen molar-refractivity contribution in [1.82, 2.24) is 4.98 Å². The SMILES string of the molecule is CC1CC(Oc2cc(C(=N)N)ccn2)CC(C)O1. The van der Waals surface area contributed by atoms with Crippen molar-refractivity contribution in [3.05, 3.63) is 23.9 Å². The molecule has 0 aliphatic carbocycles. The summed E-state index contributed by atoms with van der Waals surface area (Å²) in [6.07, 6.45) is 3.84. The third-order valence-electron chi connectivity index (χ3n) is 2.99. The molecule has 3 N–H and O–H groups in total. The van der Waals surface area contributed by atoms with Crippen LogP contribution in [0.1, 0.15) is 32.3 Å². The molecule has 1 saturated heterocycles. The molecule has 1 aromatic heterocycles. The molecule has 2 rings (SSSR count). The highest BCUT2D eigenvalue weighted by Crippen LogP contribution is 2.23. The van der Waals surface area contributed by atoms with E-state index in [4.69, 9.17) is 20.6 Å². The zero-order chi connectivity index (χ0) is 13.1. The monoisotopic (exact) mass is 249 g/mol. The Balaban J connectivity index is 2.04. The van der Waals surface area contributed by atoms with Crippen LogP contribution in [-0.2, 0) is 4.74 Å². The first-order chi connectivity index (χ1) is 8.54. The minimum Gasteiger partial charge on any atom is -0.474 e. The average molecular weight is 249 g/mol. The maximum atomic E-state index is 7.39. The molecule has 2 heterocycles. The molecule has 0 bridgehead atoms. The van der Waals surface area contributed by atoms with Gasteiger partial charge in [0.2, 0.25) is 5.88 Å². The lowest BCUT2D eigenvalue weighted by Crippen LogP contribution is -2.35. The molecule has 1 fully saturated rings. The van der Waals surface area contributed by atoms with E-state index < -0.39 is 0 Å². The van der Waals surface area contributed by atoms with Gasteiger partial charge in [0.1, 0.15) is 11.9 Å². The number of nitrogens with two attached hydrogens (primary N) is 1. The highest BCUT2D eigenvalue weighted by atomic mass is 16.5. The lowest BCUT2D eigenvalue weighted by atomic mass is 10.0. The Morgan fingerprint density at radius 1 is 1.44 bits per heavy atom. The van der Waals surface area contributed by atoms with E-state index in [1.165, 1.54) is 0 Å². The summed E-state index contributed by atoms with van der Waals surface area (Å²) in [6.45, 7) is 4.09. The Kier molecular flexibility index (Phi) is 3.81. The van der Waals surface area contributed by atoms with Gasteiger partial charge >= 0.3 is 0 Å². The van der Waals surface area contributed by atoms with E-state index in [1.807, 2.05) is 13.8 Å². The van der Waals surface area contributed by atoms with E-state index in [2.05, 4.69) is 4.98 Å². The third-order valence-corrected chi connectivity index (χ3v) is 2.99. The number of nitrogens with one attached hydrogen (secondary N) is 1. The van der Waals surface area contributed by atoms with Gasteiger partial charge in [-0.15, -0.1) is 0 Å². The smallest absolute Gasteiger partial charge is 0.214 e. The molecule has 98 valence electrons. The fraction of sp³-hybridized carbons (Fsp3) is 0.538. The van der Waals surface area contributed by atoms with Crippen LogP contribution < -0.4 is 10.5 Å². The molecule has 1 aromatic rings. The van der Waals surface area contributed by atoms with Gasteiger partial charge in [0.05, 0.1) is 12.2 Å². The van der Waals surface area contributed by atoms with Crippen LogP contribution in [0.3, 0.4) is 0 Å². The zero-order valence-electron chi connectivity index (χ0n) is 10.7. The summed E-state index contributed by atoms with van der Waals surface area (Å²) in [5.41, 5.74) is 6.07. The molecule has 0 saturated carbocycles. The van der Waals surface area contributed by atoms with E-state index in [9.17, 15) is 0 Å². The van der Waals surface area contributed by atoms with Crippen LogP contribution in [0.25, 0.3) is 0 Å². The second-order valence-electron chi connectivity index (χ2n) is 4.77. The highest BCUT2D eigenvalue weighted by molar-refractivity contribution is 5.95. The van der Waals surface area contributed by atoms with Gasteiger partial charge in [-0.05, 0) is 19.9 Å². The number of aromatic nitrogens is 1. The molecule has 0 spiro atoms. The van der Waals surface area contributed by atoms with Crippen LogP contribution in [0, 0.1) is 5.41 Å². The number of rotatable bonds is 3. The van der Waals surface area contributed by atoms with Crippen LogP contribution in [0.5, 0.6) is 5.88 Å². The first kappa shape index (κ1) is 12.8. The lowest BCUT2D eigenvalue weighted by molar-refractivity contribution is -0.0729. The molecule has 5 heteroatoms. The Morgan fingerprint density at radius 2 is 2.11 bits per heavy atom. The molecule has 5 nitrogen and oxygen atoms in total. The minimum atomic E-state index is 0.0240.